The van der Waals surface area contributed by atoms with E-state index in [1.165, 1.54) is 42.7 Å². The number of methoxy groups -OCH3 is 1. The van der Waals surface area contributed by atoms with Gasteiger partial charge in [0.05, 0.1) is 17.7 Å². The van der Waals surface area contributed by atoms with E-state index in [9.17, 15) is 13.2 Å². The lowest BCUT2D eigenvalue weighted by molar-refractivity contribution is 0.102. The monoisotopic (exact) mass is 444 g/mol. The topological polar surface area (TPSA) is 75.7 Å². The molecule has 0 atom stereocenters. The van der Waals surface area contributed by atoms with Crippen LogP contribution in [0.2, 0.25) is 5.02 Å². The van der Waals surface area contributed by atoms with Crippen LogP contribution in [0.1, 0.15) is 15.9 Å². The van der Waals surface area contributed by atoms with Gasteiger partial charge in [0.25, 0.3) is 5.91 Å². The van der Waals surface area contributed by atoms with Crippen molar-refractivity contribution in [3.05, 3.63) is 88.9 Å². The molecule has 0 aliphatic carbocycles. The van der Waals surface area contributed by atoms with Gasteiger partial charge in [-0.15, -0.1) is 0 Å². The highest BCUT2D eigenvalue weighted by Crippen LogP contribution is 2.24. The summed E-state index contributed by atoms with van der Waals surface area (Å²) in [4.78, 5) is 12.7. The van der Waals surface area contributed by atoms with Crippen LogP contribution in [-0.4, -0.2) is 32.8 Å². The predicted octanol–water partition coefficient (Wildman–Crippen LogP) is 4.42. The summed E-state index contributed by atoms with van der Waals surface area (Å²) >= 11 is 5.83. The van der Waals surface area contributed by atoms with Crippen LogP contribution in [0.15, 0.2) is 77.7 Å². The molecule has 30 heavy (non-hydrogen) atoms. The number of benzene rings is 3. The summed E-state index contributed by atoms with van der Waals surface area (Å²) in [7, 11) is -0.605. The first-order valence-electron chi connectivity index (χ1n) is 9.06. The summed E-state index contributed by atoms with van der Waals surface area (Å²) in [6.45, 7) is 0.166. The largest absolute Gasteiger partial charge is 0.495 e. The van der Waals surface area contributed by atoms with Crippen molar-refractivity contribution in [1.82, 2.24) is 4.31 Å². The Morgan fingerprint density at radius 3 is 2.27 bits per heavy atom. The molecule has 0 aromatic heterocycles. The third-order valence-corrected chi connectivity index (χ3v) is 6.57. The van der Waals surface area contributed by atoms with Gasteiger partial charge in [0, 0.05) is 24.2 Å². The molecule has 3 rings (SSSR count). The van der Waals surface area contributed by atoms with Crippen molar-refractivity contribution < 1.29 is 17.9 Å². The van der Waals surface area contributed by atoms with Crippen molar-refractivity contribution in [3.8, 4) is 5.75 Å². The second-order valence-corrected chi connectivity index (χ2v) is 9.05. The first-order chi connectivity index (χ1) is 14.3. The lowest BCUT2D eigenvalue weighted by atomic mass is 10.1. The number of nitrogens with zero attached hydrogens (tertiary/aromatic N) is 1. The van der Waals surface area contributed by atoms with Gasteiger partial charge in [-0.2, -0.15) is 4.31 Å². The Morgan fingerprint density at radius 1 is 1.00 bits per heavy atom. The van der Waals surface area contributed by atoms with Crippen molar-refractivity contribution in [1.29, 1.82) is 0 Å². The smallest absolute Gasteiger partial charge is 0.255 e. The molecule has 0 spiro atoms. The zero-order chi connectivity index (χ0) is 21.7. The highest BCUT2D eigenvalue weighted by molar-refractivity contribution is 7.89. The number of ether oxygens (including phenoxy) is 1. The average molecular weight is 445 g/mol. The van der Waals surface area contributed by atoms with Crippen molar-refractivity contribution in [3.63, 3.8) is 0 Å². The molecule has 3 aromatic carbocycles. The second-order valence-electron chi connectivity index (χ2n) is 6.57. The van der Waals surface area contributed by atoms with Gasteiger partial charge in [0.2, 0.25) is 10.0 Å². The van der Waals surface area contributed by atoms with E-state index in [1.54, 1.807) is 42.5 Å². The highest BCUT2D eigenvalue weighted by Gasteiger charge is 2.21. The maximum Gasteiger partial charge on any atom is 0.255 e. The summed E-state index contributed by atoms with van der Waals surface area (Å²) < 4.78 is 31.9. The number of para-hydroxylation sites is 2. The number of carbonyl (C=O) groups excluding carboxylic acids is 1. The standard InChI is InChI=1S/C22H21ClN2O4S/c1-25(30(27,28)19-13-11-18(23)12-14-19)15-16-7-9-17(10-8-16)22(26)24-20-5-3-4-6-21(20)29-2/h3-14H,15H2,1-2H3,(H,24,26). The quantitative estimate of drug-likeness (QED) is 0.585. The minimum atomic E-state index is -3.65. The van der Waals surface area contributed by atoms with Crippen LogP contribution in [0.3, 0.4) is 0 Å². The van der Waals surface area contributed by atoms with Crippen LogP contribution in [0.5, 0.6) is 5.75 Å². The molecule has 0 radical (unpaired) electrons. The number of amides is 1. The normalized spacial score (nSPS) is 11.3. The summed E-state index contributed by atoms with van der Waals surface area (Å²) in [6.07, 6.45) is 0. The lowest BCUT2D eigenvalue weighted by Crippen LogP contribution is -2.26. The number of sulfonamides is 1. The van der Waals surface area contributed by atoms with Crippen LogP contribution in [-0.2, 0) is 16.6 Å². The SMILES string of the molecule is COc1ccccc1NC(=O)c1ccc(CN(C)S(=O)(=O)c2ccc(Cl)cc2)cc1. The van der Waals surface area contributed by atoms with Gasteiger partial charge < -0.3 is 10.1 Å². The molecular weight excluding hydrogens is 424 g/mol. The minimum absolute atomic E-state index is 0.166. The van der Waals surface area contributed by atoms with Gasteiger partial charge in [0.1, 0.15) is 5.75 Å². The molecule has 1 N–H and O–H groups in total. The summed E-state index contributed by atoms with van der Waals surface area (Å²) in [5.74, 6) is 0.282. The zero-order valence-electron chi connectivity index (χ0n) is 16.5. The Kier molecular flexibility index (Phi) is 6.77. The number of carbonyl (C=O) groups is 1. The van der Waals surface area contributed by atoms with Crippen LogP contribution in [0.4, 0.5) is 5.69 Å². The Hall–Kier alpha value is -2.87. The fraction of sp³-hybridized carbons (Fsp3) is 0.136. The Balaban J connectivity index is 1.69. The van der Waals surface area contributed by atoms with E-state index in [2.05, 4.69) is 5.32 Å². The molecule has 0 aliphatic heterocycles. The molecule has 0 heterocycles. The van der Waals surface area contributed by atoms with Crippen molar-refractivity contribution in [2.45, 2.75) is 11.4 Å². The number of anilines is 1. The van der Waals surface area contributed by atoms with Crippen molar-refractivity contribution in [2.75, 3.05) is 19.5 Å². The molecule has 6 nitrogen and oxygen atoms in total. The lowest BCUT2D eigenvalue weighted by Gasteiger charge is -2.17. The maximum atomic E-state index is 12.7. The van der Waals surface area contributed by atoms with E-state index in [1.807, 2.05) is 6.07 Å². The third kappa shape index (κ3) is 4.99. The van der Waals surface area contributed by atoms with E-state index in [-0.39, 0.29) is 17.3 Å². The maximum absolute atomic E-state index is 12.7. The fourth-order valence-corrected chi connectivity index (χ4v) is 4.12. The minimum Gasteiger partial charge on any atom is -0.495 e. The second kappa shape index (κ2) is 9.30. The molecule has 0 saturated carbocycles. The molecular formula is C22H21ClN2O4S. The van der Waals surface area contributed by atoms with Gasteiger partial charge >= 0.3 is 0 Å². The number of hydrogen-bond donors (Lipinski definition) is 1. The van der Waals surface area contributed by atoms with E-state index < -0.39 is 10.0 Å². The van der Waals surface area contributed by atoms with Gasteiger partial charge in [-0.25, -0.2) is 8.42 Å². The number of nitrogens with one attached hydrogen (secondary N) is 1. The Morgan fingerprint density at radius 2 is 1.63 bits per heavy atom. The van der Waals surface area contributed by atoms with E-state index in [0.29, 0.717) is 22.0 Å². The van der Waals surface area contributed by atoms with E-state index in [0.717, 1.165) is 5.56 Å². The summed E-state index contributed by atoms with van der Waals surface area (Å²) in [5.41, 5.74) is 1.78. The molecule has 0 aliphatic rings. The predicted molar refractivity (Wildman–Crippen MR) is 117 cm³/mol. The summed E-state index contributed by atoms with van der Waals surface area (Å²) in [5, 5.41) is 3.28. The molecule has 0 bridgehead atoms. The fourth-order valence-electron chi connectivity index (χ4n) is 2.83. The van der Waals surface area contributed by atoms with Crippen LogP contribution in [0, 0.1) is 0 Å². The zero-order valence-corrected chi connectivity index (χ0v) is 18.1. The Bertz CT molecular complexity index is 1130. The first kappa shape index (κ1) is 21.8. The van der Waals surface area contributed by atoms with Crippen molar-refractivity contribution in [2.24, 2.45) is 0 Å². The molecule has 1 amide bonds. The van der Waals surface area contributed by atoms with E-state index >= 15 is 0 Å². The number of halogens is 1. The van der Waals surface area contributed by atoms with Gasteiger partial charge in [-0.05, 0) is 54.1 Å². The van der Waals surface area contributed by atoms with Gasteiger partial charge in [-0.3, -0.25) is 4.79 Å². The highest BCUT2D eigenvalue weighted by atomic mass is 35.5. The van der Waals surface area contributed by atoms with E-state index in [4.69, 9.17) is 16.3 Å². The van der Waals surface area contributed by atoms with Crippen molar-refractivity contribution >= 4 is 33.2 Å². The Labute approximate surface area is 181 Å². The number of rotatable bonds is 7. The number of hydrogen-bond acceptors (Lipinski definition) is 4. The first-order valence-corrected chi connectivity index (χ1v) is 10.9. The van der Waals surface area contributed by atoms with Crippen LogP contribution in [0.25, 0.3) is 0 Å². The molecule has 0 unspecified atom stereocenters. The van der Waals surface area contributed by atoms with Crippen LogP contribution >= 0.6 is 11.6 Å². The molecule has 156 valence electrons. The molecule has 0 fully saturated rings. The molecule has 8 heteroatoms. The summed E-state index contributed by atoms with van der Waals surface area (Å²) in [6, 6.07) is 19.9. The molecule has 3 aromatic rings. The van der Waals surface area contributed by atoms with Crippen LogP contribution < -0.4 is 10.1 Å². The van der Waals surface area contributed by atoms with Gasteiger partial charge in [0.15, 0.2) is 0 Å². The third-order valence-electron chi connectivity index (χ3n) is 4.50. The average Bonchev–Trinajstić information content (AvgIpc) is 2.75. The molecule has 0 saturated heterocycles. The van der Waals surface area contributed by atoms with Gasteiger partial charge in [-0.1, -0.05) is 35.9 Å².